The Bertz CT molecular complexity index is 768. The molecule has 0 radical (unpaired) electrons. The van der Waals surface area contributed by atoms with Crippen molar-refractivity contribution in [3.8, 4) is 0 Å². The van der Waals surface area contributed by atoms with Gasteiger partial charge in [0.25, 0.3) is 0 Å². The van der Waals surface area contributed by atoms with Crippen LogP contribution in [-0.2, 0) is 10.0 Å². The van der Waals surface area contributed by atoms with Crippen LogP contribution in [-0.4, -0.2) is 47.8 Å². The number of likely N-dealkylation sites (N-methyl/N-ethyl adjacent to an activating group) is 1. The van der Waals surface area contributed by atoms with Gasteiger partial charge in [-0.2, -0.15) is 4.98 Å². The van der Waals surface area contributed by atoms with Gasteiger partial charge in [-0.05, 0) is 36.6 Å². The highest BCUT2D eigenvalue weighted by atomic mass is 35.5. The Balaban J connectivity index is 1.77. The van der Waals surface area contributed by atoms with E-state index in [1.54, 1.807) is 0 Å². The van der Waals surface area contributed by atoms with Gasteiger partial charge in [-0.1, -0.05) is 24.1 Å². The summed E-state index contributed by atoms with van der Waals surface area (Å²) in [5.74, 6) is 0.456. The van der Waals surface area contributed by atoms with Crippen molar-refractivity contribution in [2.75, 3.05) is 18.4 Å². The Hall–Kier alpha value is -0.930. The zero-order valence-electron chi connectivity index (χ0n) is 12.5. The van der Waals surface area contributed by atoms with E-state index in [0.29, 0.717) is 30.4 Å². The molecule has 2 aliphatic rings. The number of aromatic nitrogens is 2. The summed E-state index contributed by atoms with van der Waals surface area (Å²) >= 11 is 11.8. The molecule has 1 aliphatic carbocycles. The van der Waals surface area contributed by atoms with Crippen LogP contribution in [0.3, 0.4) is 0 Å². The van der Waals surface area contributed by atoms with Crippen molar-refractivity contribution < 1.29 is 8.42 Å². The quantitative estimate of drug-likeness (QED) is 0.610. The van der Waals surface area contributed by atoms with Gasteiger partial charge in [-0.3, -0.25) is 4.90 Å². The second-order valence-corrected chi connectivity index (χ2v) is 8.09. The number of primary sulfonamides is 1. The van der Waals surface area contributed by atoms with Gasteiger partial charge < -0.3 is 5.32 Å². The standard InChI is InChI=1S/C13H17Cl2N5O2S/c1-2-20-6-7-3-8(4-9(7)12(20)23(16,21)22)18-11-10(14)5-17-13(15)19-11/h5,8,12H,2-4,6H2,1H3,(H2,16,21,22)(H,17,18,19). The van der Waals surface area contributed by atoms with Gasteiger partial charge in [-0.25, -0.2) is 18.5 Å². The smallest absolute Gasteiger partial charge is 0.229 e. The van der Waals surface area contributed by atoms with Crippen LogP contribution in [0.25, 0.3) is 0 Å². The lowest BCUT2D eigenvalue weighted by Gasteiger charge is -2.26. The van der Waals surface area contributed by atoms with Crippen molar-refractivity contribution in [2.24, 2.45) is 5.14 Å². The Morgan fingerprint density at radius 1 is 1.43 bits per heavy atom. The molecular weight excluding hydrogens is 361 g/mol. The Kier molecular flexibility index (Phi) is 4.54. The highest BCUT2D eigenvalue weighted by molar-refractivity contribution is 7.89. The van der Waals surface area contributed by atoms with Crippen molar-refractivity contribution in [3.05, 3.63) is 27.6 Å². The van der Waals surface area contributed by atoms with E-state index in [1.165, 1.54) is 6.20 Å². The zero-order valence-corrected chi connectivity index (χ0v) is 14.8. The number of sulfonamides is 1. The number of nitrogens with zero attached hydrogens (tertiary/aromatic N) is 3. The molecular formula is C13H17Cl2N5O2S. The average Bonchev–Trinajstić information content (AvgIpc) is 2.97. The minimum Gasteiger partial charge on any atom is -0.365 e. The number of likely N-dealkylation sites (tertiary alicyclic amines) is 1. The first-order chi connectivity index (χ1) is 10.8. The molecule has 2 heterocycles. The summed E-state index contributed by atoms with van der Waals surface area (Å²) in [5, 5.41) is 8.40. The number of rotatable bonds is 4. The van der Waals surface area contributed by atoms with Crippen molar-refractivity contribution in [2.45, 2.75) is 31.2 Å². The highest BCUT2D eigenvalue weighted by Crippen LogP contribution is 2.39. The predicted molar refractivity (Wildman–Crippen MR) is 89.9 cm³/mol. The highest BCUT2D eigenvalue weighted by Gasteiger charge is 2.43. The van der Waals surface area contributed by atoms with Gasteiger partial charge in [0.2, 0.25) is 15.3 Å². The van der Waals surface area contributed by atoms with Gasteiger partial charge in [0.05, 0.1) is 6.20 Å². The molecule has 23 heavy (non-hydrogen) atoms. The fourth-order valence-electron chi connectivity index (χ4n) is 3.33. The van der Waals surface area contributed by atoms with Crippen LogP contribution in [0.2, 0.25) is 10.3 Å². The molecule has 0 saturated carbocycles. The molecule has 2 atom stereocenters. The largest absolute Gasteiger partial charge is 0.365 e. The maximum atomic E-state index is 11.9. The monoisotopic (exact) mass is 377 g/mol. The number of nitrogens with one attached hydrogen (secondary N) is 1. The third-order valence-corrected chi connectivity index (χ3v) is 5.87. The van der Waals surface area contributed by atoms with E-state index in [9.17, 15) is 8.42 Å². The van der Waals surface area contributed by atoms with E-state index in [1.807, 2.05) is 11.8 Å². The molecule has 10 heteroatoms. The molecule has 0 amide bonds. The van der Waals surface area contributed by atoms with Crippen molar-refractivity contribution in [1.82, 2.24) is 14.9 Å². The normalized spacial score (nSPS) is 25.0. The van der Waals surface area contributed by atoms with Gasteiger partial charge >= 0.3 is 0 Å². The molecule has 0 bridgehead atoms. The number of anilines is 1. The third kappa shape index (κ3) is 3.32. The molecule has 7 nitrogen and oxygen atoms in total. The van der Waals surface area contributed by atoms with E-state index >= 15 is 0 Å². The fraction of sp³-hybridized carbons (Fsp3) is 0.538. The molecule has 0 spiro atoms. The summed E-state index contributed by atoms with van der Waals surface area (Å²) < 4.78 is 23.9. The number of nitrogens with two attached hydrogens (primary N) is 1. The lowest BCUT2D eigenvalue weighted by atomic mass is 10.1. The first-order valence-corrected chi connectivity index (χ1v) is 9.57. The second kappa shape index (κ2) is 6.18. The molecule has 3 N–H and O–H groups in total. The lowest BCUT2D eigenvalue weighted by Crippen LogP contribution is -2.43. The molecule has 1 aromatic heterocycles. The van der Waals surface area contributed by atoms with Crippen LogP contribution >= 0.6 is 23.2 Å². The molecule has 1 aromatic rings. The number of halogens is 2. The van der Waals surface area contributed by atoms with Gasteiger partial charge in [0.15, 0.2) is 0 Å². The third-order valence-electron chi connectivity index (χ3n) is 4.21. The van der Waals surface area contributed by atoms with E-state index in [-0.39, 0.29) is 11.3 Å². The Morgan fingerprint density at radius 3 is 2.83 bits per heavy atom. The van der Waals surface area contributed by atoms with Crippen LogP contribution in [0.1, 0.15) is 19.8 Å². The first-order valence-electron chi connectivity index (χ1n) is 7.20. The van der Waals surface area contributed by atoms with Crippen LogP contribution in [0, 0.1) is 0 Å². The predicted octanol–water partition coefficient (Wildman–Crippen LogP) is 1.60. The fourth-order valence-corrected chi connectivity index (χ4v) is 4.90. The summed E-state index contributed by atoms with van der Waals surface area (Å²) in [4.78, 5) is 9.75. The summed E-state index contributed by atoms with van der Waals surface area (Å²) in [6.45, 7) is 3.20. The Morgan fingerprint density at radius 2 is 2.17 bits per heavy atom. The second-order valence-electron chi connectivity index (χ2n) is 5.72. The minimum atomic E-state index is -3.66. The molecule has 1 aliphatic heterocycles. The summed E-state index contributed by atoms with van der Waals surface area (Å²) in [6, 6.07) is 0.0201. The average molecular weight is 378 g/mol. The summed E-state index contributed by atoms with van der Waals surface area (Å²) in [7, 11) is -3.66. The van der Waals surface area contributed by atoms with Gasteiger partial charge in [0.1, 0.15) is 16.2 Å². The van der Waals surface area contributed by atoms with Crippen molar-refractivity contribution in [3.63, 3.8) is 0 Å². The SMILES string of the molecule is CCN1CC2=C(CC(Nc3nc(Cl)ncc3Cl)C2)C1S(N)(=O)=O. The van der Waals surface area contributed by atoms with Crippen LogP contribution in [0.4, 0.5) is 5.82 Å². The van der Waals surface area contributed by atoms with Crippen molar-refractivity contribution in [1.29, 1.82) is 0 Å². The Labute approximate surface area is 144 Å². The topological polar surface area (TPSA) is 101 Å². The molecule has 0 saturated heterocycles. The molecule has 126 valence electrons. The van der Waals surface area contributed by atoms with Crippen LogP contribution < -0.4 is 10.5 Å². The maximum absolute atomic E-state index is 11.9. The minimum absolute atomic E-state index is 0.0201. The van der Waals surface area contributed by atoms with E-state index in [0.717, 1.165) is 17.6 Å². The number of hydrogen-bond acceptors (Lipinski definition) is 6. The van der Waals surface area contributed by atoms with Crippen LogP contribution in [0.15, 0.2) is 17.3 Å². The van der Waals surface area contributed by atoms with E-state index in [4.69, 9.17) is 28.3 Å². The molecule has 2 unspecified atom stereocenters. The molecule has 0 fully saturated rings. The van der Waals surface area contributed by atoms with E-state index < -0.39 is 15.4 Å². The van der Waals surface area contributed by atoms with Crippen LogP contribution in [0.5, 0.6) is 0 Å². The number of hydrogen-bond donors (Lipinski definition) is 2. The molecule has 3 rings (SSSR count). The zero-order chi connectivity index (χ0) is 16.8. The first kappa shape index (κ1) is 16.9. The maximum Gasteiger partial charge on any atom is 0.229 e. The summed E-state index contributed by atoms with van der Waals surface area (Å²) in [5.41, 5.74) is 2.02. The van der Waals surface area contributed by atoms with Crippen molar-refractivity contribution >= 4 is 39.0 Å². The summed E-state index contributed by atoms with van der Waals surface area (Å²) in [6.07, 6.45) is 2.75. The lowest BCUT2D eigenvalue weighted by molar-refractivity contribution is 0.320. The van der Waals surface area contributed by atoms with E-state index in [2.05, 4.69) is 15.3 Å². The van der Waals surface area contributed by atoms with Gasteiger partial charge in [-0.15, -0.1) is 0 Å². The van der Waals surface area contributed by atoms with Gasteiger partial charge in [0, 0.05) is 12.6 Å². The molecule has 0 aromatic carbocycles.